The van der Waals surface area contributed by atoms with Crippen LogP contribution >= 0.6 is 27.3 Å². The van der Waals surface area contributed by atoms with Crippen LogP contribution in [0.4, 0.5) is 3.89 Å². The molecule has 8 heteroatoms. The van der Waals surface area contributed by atoms with Gasteiger partial charge in [-0.1, -0.05) is 0 Å². The fraction of sp³-hybridized carbons (Fsp3) is 0.444. The predicted octanol–water partition coefficient (Wildman–Crippen LogP) is 1.91. The molecule has 0 N–H and O–H groups in total. The van der Waals surface area contributed by atoms with Crippen LogP contribution in [0, 0.1) is 0 Å². The number of nitrogens with zero attached hydrogens (tertiary/aromatic N) is 1. The van der Waals surface area contributed by atoms with E-state index in [-0.39, 0.29) is 18.9 Å². The summed E-state index contributed by atoms with van der Waals surface area (Å²) in [4.78, 5) is 12.9. The summed E-state index contributed by atoms with van der Waals surface area (Å²) in [5.74, 6) is -0.325. The normalized spacial score (nSPS) is 21.2. The Morgan fingerprint density at radius 2 is 2.29 bits per heavy atom. The van der Waals surface area contributed by atoms with Crippen molar-refractivity contribution in [3.05, 3.63) is 20.8 Å². The largest absolute Gasteiger partial charge is 0.337 e. The van der Waals surface area contributed by atoms with E-state index < -0.39 is 15.5 Å². The summed E-state index contributed by atoms with van der Waals surface area (Å²) in [6.45, 7) is 0.245. The van der Waals surface area contributed by atoms with Crippen LogP contribution in [0.25, 0.3) is 0 Å². The Morgan fingerprint density at radius 1 is 1.59 bits per heavy atom. The van der Waals surface area contributed by atoms with Gasteiger partial charge >= 0.3 is 10.2 Å². The second kappa shape index (κ2) is 4.66. The van der Waals surface area contributed by atoms with E-state index in [9.17, 15) is 17.1 Å². The van der Waals surface area contributed by atoms with Gasteiger partial charge in [0.15, 0.2) is 0 Å². The van der Waals surface area contributed by atoms with Gasteiger partial charge in [0.1, 0.15) is 5.25 Å². The Morgan fingerprint density at radius 3 is 2.76 bits per heavy atom. The summed E-state index contributed by atoms with van der Waals surface area (Å²) in [6.07, 6.45) is -0.263. The average Bonchev–Trinajstić information content (AvgIpc) is 2.75. The first-order chi connectivity index (χ1) is 7.88. The second-order valence-electron chi connectivity index (χ2n) is 3.80. The van der Waals surface area contributed by atoms with Crippen LogP contribution in [0.1, 0.15) is 12.0 Å². The Hall–Kier alpha value is -0.470. The standard InChI is InChI=1S/C9H9BrFNO3S2/c10-9-6(1-2-16-9)4-12-5-7(3-8(12)13)17(11,14)15/h1-2,7H,3-5H2. The lowest BCUT2D eigenvalue weighted by molar-refractivity contribution is -0.128. The molecule has 0 aliphatic carbocycles. The molecule has 94 valence electrons. The molecule has 4 nitrogen and oxygen atoms in total. The third-order valence-corrected chi connectivity index (χ3v) is 5.55. The highest BCUT2D eigenvalue weighted by molar-refractivity contribution is 9.11. The Kier molecular flexibility index (Phi) is 3.55. The number of thiophene rings is 1. The van der Waals surface area contributed by atoms with E-state index in [2.05, 4.69) is 15.9 Å². The van der Waals surface area contributed by atoms with Gasteiger partial charge in [-0.2, -0.15) is 8.42 Å². The molecule has 1 aliphatic heterocycles. The molecule has 1 aliphatic rings. The maximum Gasteiger partial charge on any atom is 0.307 e. The zero-order chi connectivity index (χ0) is 12.6. The molecule has 1 aromatic heterocycles. The van der Waals surface area contributed by atoms with Crippen LogP contribution in [0.2, 0.25) is 0 Å². The summed E-state index contributed by atoms with van der Waals surface area (Å²) in [5, 5.41) is 0.649. The molecule has 1 unspecified atom stereocenters. The molecule has 0 saturated carbocycles. The summed E-state index contributed by atoms with van der Waals surface area (Å²) >= 11 is 4.82. The molecule has 2 rings (SSSR count). The van der Waals surface area contributed by atoms with Gasteiger partial charge in [-0.25, -0.2) is 0 Å². The van der Waals surface area contributed by atoms with Crippen molar-refractivity contribution in [2.75, 3.05) is 6.54 Å². The Balaban J connectivity index is 2.10. The van der Waals surface area contributed by atoms with Crippen molar-refractivity contribution in [1.29, 1.82) is 0 Å². The van der Waals surface area contributed by atoms with Crippen molar-refractivity contribution in [3.63, 3.8) is 0 Å². The lowest BCUT2D eigenvalue weighted by atomic mass is 10.3. The Labute approximate surface area is 111 Å². The quantitative estimate of drug-likeness (QED) is 0.789. The van der Waals surface area contributed by atoms with Gasteiger partial charge in [0, 0.05) is 19.5 Å². The minimum Gasteiger partial charge on any atom is -0.337 e. The molecule has 0 radical (unpaired) electrons. The van der Waals surface area contributed by atoms with E-state index in [1.807, 2.05) is 11.4 Å². The molecule has 1 atom stereocenters. The molecular formula is C9H9BrFNO3S2. The number of halogens is 2. The third kappa shape index (κ3) is 2.86. The van der Waals surface area contributed by atoms with Crippen molar-refractivity contribution < 1.29 is 17.1 Å². The van der Waals surface area contributed by atoms with Gasteiger partial charge in [-0.3, -0.25) is 4.79 Å². The Bertz CT molecular complexity index is 542. The molecule has 0 spiro atoms. The van der Waals surface area contributed by atoms with Gasteiger partial charge in [-0.05, 0) is 32.9 Å². The molecule has 0 aromatic carbocycles. The van der Waals surface area contributed by atoms with Gasteiger partial charge in [-0.15, -0.1) is 15.2 Å². The summed E-state index contributed by atoms with van der Waals surface area (Å²) in [6, 6.07) is 1.85. The lowest BCUT2D eigenvalue weighted by Gasteiger charge is -2.15. The van der Waals surface area contributed by atoms with Crippen molar-refractivity contribution in [3.8, 4) is 0 Å². The summed E-state index contributed by atoms with van der Waals surface area (Å²) in [5.41, 5.74) is 0.903. The van der Waals surface area contributed by atoms with Crippen molar-refractivity contribution >= 4 is 43.4 Å². The van der Waals surface area contributed by atoms with E-state index >= 15 is 0 Å². The molecule has 1 amide bonds. The first kappa shape index (κ1) is 13.0. The number of carbonyl (C=O) groups excluding carboxylic acids is 1. The van der Waals surface area contributed by atoms with Crippen LogP contribution < -0.4 is 0 Å². The van der Waals surface area contributed by atoms with Gasteiger partial charge in [0.05, 0.1) is 3.79 Å². The number of amides is 1. The number of hydrogen-bond donors (Lipinski definition) is 0. The highest BCUT2D eigenvalue weighted by atomic mass is 79.9. The molecular weight excluding hydrogens is 333 g/mol. The van der Waals surface area contributed by atoms with Gasteiger partial charge < -0.3 is 4.90 Å². The number of likely N-dealkylation sites (tertiary alicyclic amines) is 1. The average molecular weight is 342 g/mol. The van der Waals surface area contributed by atoms with Crippen LogP contribution in [-0.2, 0) is 21.6 Å². The fourth-order valence-corrected chi connectivity index (χ4v) is 3.63. The highest BCUT2D eigenvalue weighted by Gasteiger charge is 2.38. The van der Waals surface area contributed by atoms with E-state index in [1.54, 1.807) is 0 Å². The minimum atomic E-state index is -4.63. The van der Waals surface area contributed by atoms with E-state index in [1.165, 1.54) is 16.2 Å². The van der Waals surface area contributed by atoms with Crippen LogP contribution in [0.15, 0.2) is 15.2 Å². The zero-order valence-electron chi connectivity index (χ0n) is 8.60. The molecule has 17 heavy (non-hydrogen) atoms. The van der Waals surface area contributed by atoms with Crippen LogP contribution in [0.3, 0.4) is 0 Å². The molecule has 1 saturated heterocycles. The van der Waals surface area contributed by atoms with E-state index in [0.717, 1.165) is 9.35 Å². The monoisotopic (exact) mass is 341 g/mol. The second-order valence-corrected chi connectivity index (χ2v) is 7.65. The number of rotatable bonds is 3. The maximum absolute atomic E-state index is 12.8. The third-order valence-electron chi connectivity index (χ3n) is 2.63. The molecule has 1 aromatic rings. The number of carbonyl (C=O) groups is 1. The first-order valence-electron chi connectivity index (χ1n) is 4.81. The van der Waals surface area contributed by atoms with Gasteiger partial charge in [0.2, 0.25) is 5.91 Å². The van der Waals surface area contributed by atoms with Crippen molar-refractivity contribution in [1.82, 2.24) is 4.90 Å². The van der Waals surface area contributed by atoms with E-state index in [0.29, 0.717) is 6.54 Å². The van der Waals surface area contributed by atoms with Gasteiger partial charge in [0.25, 0.3) is 0 Å². The molecule has 0 bridgehead atoms. The van der Waals surface area contributed by atoms with Crippen LogP contribution in [0.5, 0.6) is 0 Å². The highest BCUT2D eigenvalue weighted by Crippen LogP contribution is 2.27. The summed E-state index contributed by atoms with van der Waals surface area (Å²) in [7, 11) is -4.63. The van der Waals surface area contributed by atoms with Crippen molar-refractivity contribution in [2.45, 2.75) is 18.2 Å². The maximum atomic E-state index is 12.8. The molecule has 2 heterocycles. The first-order valence-corrected chi connectivity index (χ1v) is 7.93. The minimum absolute atomic E-state index is 0.0695. The molecule has 1 fully saturated rings. The van der Waals surface area contributed by atoms with Crippen molar-refractivity contribution in [2.24, 2.45) is 0 Å². The topological polar surface area (TPSA) is 54.5 Å². The van der Waals surface area contributed by atoms with E-state index in [4.69, 9.17) is 0 Å². The smallest absolute Gasteiger partial charge is 0.307 e. The van der Waals surface area contributed by atoms with Crippen LogP contribution in [-0.4, -0.2) is 31.0 Å². The predicted molar refractivity (Wildman–Crippen MR) is 65.9 cm³/mol. The SMILES string of the molecule is O=C1CC(S(=O)(=O)F)CN1Cc1ccsc1Br. The lowest BCUT2D eigenvalue weighted by Crippen LogP contribution is -2.26. The summed E-state index contributed by atoms with van der Waals surface area (Å²) < 4.78 is 35.2. The zero-order valence-corrected chi connectivity index (χ0v) is 11.8. The number of hydrogen-bond acceptors (Lipinski definition) is 4. The fourth-order valence-electron chi connectivity index (χ4n) is 1.71.